The number of benzene rings is 2. The first-order valence-electron chi connectivity index (χ1n) is 8.89. The fourth-order valence-electron chi connectivity index (χ4n) is 3.30. The van der Waals surface area contributed by atoms with Gasteiger partial charge in [-0.2, -0.15) is 0 Å². The van der Waals surface area contributed by atoms with Gasteiger partial charge in [-0.3, -0.25) is 24.6 Å². The number of aryl methyl sites for hydroxylation is 1. The highest BCUT2D eigenvalue weighted by atomic mass is 35.5. The Morgan fingerprint density at radius 1 is 1.19 bits per heavy atom. The molecule has 2 heterocycles. The van der Waals surface area contributed by atoms with Gasteiger partial charge in [0.1, 0.15) is 10.8 Å². The molecule has 1 unspecified atom stereocenters. The lowest BCUT2D eigenvalue weighted by Crippen LogP contribution is -2.29. The SMILES string of the molecule is Cc1nnc(N2C(=O)C(=O)/C(=C(\O)c3ccc(Cl)cc3)C2c2cccc([N+](=O)[O-])c2)s1. The molecule has 1 fully saturated rings. The first-order chi connectivity index (χ1) is 14.8. The zero-order chi connectivity index (χ0) is 22.3. The van der Waals surface area contributed by atoms with Crippen LogP contribution in [-0.4, -0.2) is 31.9 Å². The number of nitro groups is 1. The van der Waals surface area contributed by atoms with Gasteiger partial charge in [0.2, 0.25) is 5.13 Å². The summed E-state index contributed by atoms with van der Waals surface area (Å²) in [5, 5.41) is 31.2. The van der Waals surface area contributed by atoms with Crippen LogP contribution < -0.4 is 4.90 Å². The number of non-ortho nitro benzene ring substituents is 1. The van der Waals surface area contributed by atoms with E-state index in [9.17, 15) is 24.8 Å². The van der Waals surface area contributed by atoms with Crippen LogP contribution in [0.5, 0.6) is 0 Å². The third-order valence-electron chi connectivity index (χ3n) is 4.68. The summed E-state index contributed by atoms with van der Waals surface area (Å²) in [5.74, 6) is -2.27. The number of aliphatic hydroxyl groups excluding tert-OH is 1. The average molecular weight is 457 g/mol. The number of anilines is 1. The number of nitrogens with zero attached hydrogens (tertiary/aromatic N) is 4. The molecule has 0 aliphatic carbocycles. The zero-order valence-electron chi connectivity index (χ0n) is 15.9. The number of aromatic nitrogens is 2. The van der Waals surface area contributed by atoms with E-state index in [0.29, 0.717) is 10.0 Å². The van der Waals surface area contributed by atoms with Crippen LogP contribution in [0.15, 0.2) is 54.1 Å². The van der Waals surface area contributed by atoms with E-state index in [-0.39, 0.29) is 27.5 Å². The van der Waals surface area contributed by atoms with Crippen molar-refractivity contribution in [3.8, 4) is 0 Å². The first-order valence-corrected chi connectivity index (χ1v) is 10.1. The van der Waals surface area contributed by atoms with Crippen LogP contribution >= 0.6 is 22.9 Å². The number of Topliss-reactive ketones (excluding diaryl/α,β-unsaturated/α-hetero) is 1. The van der Waals surface area contributed by atoms with Gasteiger partial charge in [0.05, 0.1) is 16.5 Å². The molecule has 1 aliphatic heterocycles. The van der Waals surface area contributed by atoms with Crippen molar-refractivity contribution in [1.82, 2.24) is 10.2 Å². The number of ketones is 1. The van der Waals surface area contributed by atoms with Crippen LogP contribution in [0.3, 0.4) is 0 Å². The Morgan fingerprint density at radius 3 is 2.52 bits per heavy atom. The molecule has 1 aliphatic rings. The molecular formula is C20H13ClN4O5S. The fraction of sp³-hybridized carbons (Fsp3) is 0.100. The Morgan fingerprint density at radius 2 is 1.90 bits per heavy atom. The topological polar surface area (TPSA) is 127 Å². The molecule has 1 N–H and O–H groups in total. The van der Waals surface area contributed by atoms with Crippen molar-refractivity contribution in [2.45, 2.75) is 13.0 Å². The number of nitro benzene ring substituents is 1. The van der Waals surface area contributed by atoms with Gasteiger partial charge in [-0.25, -0.2) is 0 Å². The van der Waals surface area contributed by atoms with Crippen LogP contribution in [0, 0.1) is 17.0 Å². The van der Waals surface area contributed by atoms with E-state index in [2.05, 4.69) is 10.2 Å². The molecule has 1 amide bonds. The molecule has 1 saturated heterocycles. The molecule has 4 rings (SSSR count). The number of hydrogen-bond acceptors (Lipinski definition) is 8. The monoisotopic (exact) mass is 456 g/mol. The molecular weight excluding hydrogens is 444 g/mol. The van der Waals surface area contributed by atoms with E-state index in [0.717, 1.165) is 16.2 Å². The molecule has 1 aromatic heterocycles. The smallest absolute Gasteiger partial charge is 0.301 e. The fourth-order valence-corrected chi connectivity index (χ4v) is 4.14. The number of hydrogen-bond donors (Lipinski definition) is 1. The Balaban J connectivity index is 1.96. The van der Waals surface area contributed by atoms with Gasteiger partial charge in [-0.15, -0.1) is 10.2 Å². The van der Waals surface area contributed by atoms with Gasteiger partial charge in [0.25, 0.3) is 11.5 Å². The Hall–Kier alpha value is -3.63. The summed E-state index contributed by atoms with van der Waals surface area (Å²) in [7, 11) is 0. The average Bonchev–Trinajstić information content (AvgIpc) is 3.29. The molecule has 11 heteroatoms. The molecule has 2 aromatic carbocycles. The minimum Gasteiger partial charge on any atom is -0.507 e. The van der Waals surface area contributed by atoms with Crippen LogP contribution in [-0.2, 0) is 9.59 Å². The van der Waals surface area contributed by atoms with Crippen molar-refractivity contribution < 1.29 is 19.6 Å². The number of amides is 1. The zero-order valence-corrected chi connectivity index (χ0v) is 17.4. The van der Waals surface area contributed by atoms with Gasteiger partial charge in [-0.1, -0.05) is 35.1 Å². The van der Waals surface area contributed by atoms with Crippen LogP contribution in [0.4, 0.5) is 10.8 Å². The molecule has 1 atom stereocenters. The molecule has 0 saturated carbocycles. The lowest BCUT2D eigenvalue weighted by Gasteiger charge is -2.22. The number of aliphatic hydroxyl groups is 1. The summed E-state index contributed by atoms with van der Waals surface area (Å²) >= 11 is 6.99. The number of rotatable bonds is 4. The van der Waals surface area contributed by atoms with Crippen molar-refractivity contribution in [3.05, 3.63) is 85.4 Å². The number of carbonyl (C=O) groups is 2. The lowest BCUT2D eigenvalue weighted by molar-refractivity contribution is -0.384. The highest BCUT2D eigenvalue weighted by Crippen LogP contribution is 2.43. The minimum absolute atomic E-state index is 0.145. The maximum absolute atomic E-state index is 13.0. The number of halogens is 1. The van der Waals surface area contributed by atoms with E-state index >= 15 is 0 Å². The molecule has 156 valence electrons. The molecule has 0 bridgehead atoms. The van der Waals surface area contributed by atoms with Crippen LogP contribution in [0.25, 0.3) is 5.76 Å². The Bertz CT molecular complexity index is 1250. The predicted octanol–water partition coefficient (Wildman–Crippen LogP) is 4.03. The van der Waals surface area contributed by atoms with Crippen molar-refractivity contribution in [3.63, 3.8) is 0 Å². The maximum atomic E-state index is 13.0. The molecule has 31 heavy (non-hydrogen) atoms. The van der Waals surface area contributed by atoms with Crippen LogP contribution in [0.2, 0.25) is 5.02 Å². The third-order valence-corrected chi connectivity index (χ3v) is 5.77. The summed E-state index contributed by atoms with van der Waals surface area (Å²) in [6, 6.07) is 10.5. The summed E-state index contributed by atoms with van der Waals surface area (Å²) in [6.07, 6.45) is 0. The molecule has 0 radical (unpaired) electrons. The largest absolute Gasteiger partial charge is 0.507 e. The van der Waals surface area contributed by atoms with Crippen molar-refractivity contribution in [2.24, 2.45) is 0 Å². The summed E-state index contributed by atoms with van der Waals surface area (Å²) < 4.78 is 0. The second-order valence-corrected chi connectivity index (χ2v) is 8.23. The Labute approximate surface area is 184 Å². The standard InChI is InChI=1S/C20H13ClN4O5S/c1-10-22-23-20(31-10)24-16(12-3-2-4-14(9-12)25(29)30)15(18(27)19(24)28)17(26)11-5-7-13(21)8-6-11/h2-9,16,26H,1H3/b17-15-. The quantitative estimate of drug-likeness (QED) is 0.206. The second-order valence-electron chi connectivity index (χ2n) is 6.63. The van der Waals surface area contributed by atoms with E-state index in [1.54, 1.807) is 13.0 Å². The highest BCUT2D eigenvalue weighted by molar-refractivity contribution is 7.15. The van der Waals surface area contributed by atoms with E-state index in [4.69, 9.17) is 11.6 Å². The van der Waals surface area contributed by atoms with Crippen molar-refractivity contribution in [2.75, 3.05) is 4.90 Å². The predicted molar refractivity (Wildman–Crippen MR) is 114 cm³/mol. The lowest BCUT2D eigenvalue weighted by atomic mass is 9.95. The first kappa shape index (κ1) is 20.6. The van der Waals surface area contributed by atoms with Gasteiger partial charge in [0, 0.05) is 22.7 Å². The van der Waals surface area contributed by atoms with Gasteiger partial charge in [-0.05, 0) is 36.8 Å². The maximum Gasteiger partial charge on any atom is 0.301 e. The minimum atomic E-state index is -1.12. The normalized spacial score (nSPS) is 17.9. The molecule has 0 spiro atoms. The van der Waals surface area contributed by atoms with E-state index in [1.807, 2.05) is 0 Å². The molecule has 9 nitrogen and oxygen atoms in total. The van der Waals surface area contributed by atoms with Gasteiger partial charge < -0.3 is 5.11 Å². The Kier molecular flexibility index (Phi) is 5.25. The number of carbonyl (C=O) groups excluding carboxylic acids is 2. The van der Waals surface area contributed by atoms with Crippen molar-refractivity contribution in [1.29, 1.82) is 0 Å². The third kappa shape index (κ3) is 3.66. The summed E-state index contributed by atoms with van der Waals surface area (Å²) in [6.45, 7) is 1.69. The summed E-state index contributed by atoms with van der Waals surface area (Å²) in [5.41, 5.74) is 0.117. The summed E-state index contributed by atoms with van der Waals surface area (Å²) in [4.78, 5) is 37.7. The van der Waals surface area contributed by atoms with Crippen LogP contribution in [0.1, 0.15) is 22.2 Å². The van der Waals surface area contributed by atoms with Gasteiger partial charge in [0.15, 0.2) is 0 Å². The van der Waals surface area contributed by atoms with E-state index < -0.39 is 28.4 Å². The second kappa shape index (κ2) is 7.89. The van der Waals surface area contributed by atoms with Crippen molar-refractivity contribution >= 4 is 51.2 Å². The van der Waals surface area contributed by atoms with E-state index in [1.165, 1.54) is 42.5 Å². The highest BCUT2D eigenvalue weighted by Gasteiger charge is 2.48. The van der Waals surface area contributed by atoms with Gasteiger partial charge >= 0.3 is 5.91 Å². The molecule has 3 aromatic rings.